The summed E-state index contributed by atoms with van der Waals surface area (Å²) in [7, 11) is 0. The van der Waals surface area contributed by atoms with Crippen LogP contribution in [0.25, 0.3) is 0 Å². The van der Waals surface area contributed by atoms with Crippen molar-refractivity contribution in [2.24, 2.45) is 0 Å². The molecule has 0 N–H and O–H groups in total. The lowest BCUT2D eigenvalue weighted by Crippen LogP contribution is -2.46. The molecular weight excluding hydrogens is 560 g/mol. The van der Waals surface area contributed by atoms with Gasteiger partial charge in [-0.15, -0.1) is 0 Å². The van der Waals surface area contributed by atoms with E-state index in [2.05, 4.69) is 137 Å². The second-order valence-electron chi connectivity index (χ2n) is 11.3. The van der Waals surface area contributed by atoms with Crippen LogP contribution in [0.1, 0.15) is 27.8 Å². The maximum absolute atomic E-state index is 7.02. The van der Waals surface area contributed by atoms with E-state index in [9.17, 15) is 0 Å². The Hall–Kier alpha value is -2.80. The van der Waals surface area contributed by atoms with Gasteiger partial charge in [0.05, 0.1) is 17.1 Å². The Morgan fingerprint density at radius 3 is 1.27 bits per heavy atom. The molecule has 40 heavy (non-hydrogen) atoms. The molecule has 0 saturated heterocycles. The van der Waals surface area contributed by atoms with Gasteiger partial charge in [-0.2, -0.15) is 0 Å². The van der Waals surface area contributed by atoms with Gasteiger partial charge >= 0.3 is 0 Å². The summed E-state index contributed by atoms with van der Waals surface area (Å²) in [6.45, 7) is 11.0. The van der Waals surface area contributed by atoms with E-state index in [1.807, 2.05) is 0 Å². The Morgan fingerprint density at radius 1 is 0.450 bits per heavy atom. The summed E-state index contributed by atoms with van der Waals surface area (Å²) in [5.74, 6) is 0. The van der Waals surface area contributed by atoms with E-state index in [1.165, 1.54) is 76.7 Å². The van der Waals surface area contributed by atoms with Crippen LogP contribution in [0.4, 0.5) is 17.1 Å². The number of benzene rings is 5. The molecule has 5 aromatic rings. The Kier molecular flexibility index (Phi) is 5.94. The zero-order chi connectivity index (χ0) is 28.0. The average molecular weight is 592 g/mol. The van der Waals surface area contributed by atoms with Crippen LogP contribution >= 0.6 is 12.1 Å². The SMILES string of the molecule is Cc1ccc2c(c1)P(=S)(c1ccccc1C)c1cc(C)cc3c1N2c1ccc(C)cc1P3(=S)c1ccccc1C. The number of hydrogen-bond acceptors (Lipinski definition) is 3. The zero-order valence-corrected chi connectivity index (χ0v) is 26.8. The molecule has 2 atom stereocenters. The van der Waals surface area contributed by atoms with Crippen molar-refractivity contribution < 1.29 is 0 Å². The van der Waals surface area contributed by atoms with E-state index in [-0.39, 0.29) is 0 Å². The van der Waals surface area contributed by atoms with Crippen molar-refractivity contribution in [2.75, 3.05) is 4.90 Å². The van der Waals surface area contributed by atoms with Gasteiger partial charge in [0, 0.05) is 33.3 Å². The maximum Gasteiger partial charge on any atom is 0.0644 e. The minimum absolute atomic E-state index is 1.20. The maximum atomic E-state index is 7.02. The third-order valence-electron chi connectivity index (χ3n) is 8.45. The molecule has 0 aliphatic carbocycles. The van der Waals surface area contributed by atoms with Crippen LogP contribution in [-0.4, -0.2) is 0 Å². The fourth-order valence-electron chi connectivity index (χ4n) is 6.58. The van der Waals surface area contributed by atoms with E-state index >= 15 is 0 Å². The van der Waals surface area contributed by atoms with Crippen molar-refractivity contribution in [1.29, 1.82) is 0 Å². The Morgan fingerprint density at radius 2 is 0.850 bits per heavy atom. The average Bonchev–Trinajstić information content (AvgIpc) is 2.93. The highest BCUT2D eigenvalue weighted by atomic mass is 32.4. The topological polar surface area (TPSA) is 3.24 Å². The van der Waals surface area contributed by atoms with Gasteiger partial charge in [0.15, 0.2) is 0 Å². The lowest BCUT2D eigenvalue weighted by Gasteiger charge is -2.47. The number of aryl methyl sites for hydroxylation is 5. The second kappa shape index (κ2) is 9.10. The van der Waals surface area contributed by atoms with Gasteiger partial charge in [-0.3, -0.25) is 0 Å². The third kappa shape index (κ3) is 3.45. The summed E-state index contributed by atoms with van der Waals surface area (Å²) < 4.78 is 0. The third-order valence-corrected chi connectivity index (χ3v) is 18.5. The molecule has 5 aromatic carbocycles. The molecule has 2 aliphatic heterocycles. The zero-order valence-electron chi connectivity index (χ0n) is 23.4. The normalized spacial score (nSPS) is 20.5. The van der Waals surface area contributed by atoms with Gasteiger partial charge in [0.1, 0.15) is 0 Å². The van der Waals surface area contributed by atoms with Crippen molar-refractivity contribution >= 4 is 84.6 Å². The largest absolute Gasteiger partial charge is 0.308 e. The van der Waals surface area contributed by atoms with Crippen molar-refractivity contribution in [3.8, 4) is 0 Å². The number of anilines is 3. The molecule has 0 spiro atoms. The van der Waals surface area contributed by atoms with Gasteiger partial charge in [0.25, 0.3) is 0 Å². The first-order valence-electron chi connectivity index (χ1n) is 13.7. The van der Waals surface area contributed by atoms with E-state index in [0.29, 0.717) is 0 Å². The fraction of sp³-hybridized carbons (Fsp3) is 0.143. The Bertz CT molecular complexity index is 1850. The van der Waals surface area contributed by atoms with E-state index in [4.69, 9.17) is 23.6 Å². The summed E-state index contributed by atoms with van der Waals surface area (Å²) in [5.41, 5.74) is 9.85. The van der Waals surface area contributed by atoms with Crippen LogP contribution in [0.3, 0.4) is 0 Å². The van der Waals surface area contributed by atoms with Gasteiger partial charge < -0.3 is 4.90 Å². The lowest BCUT2D eigenvalue weighted by molar-refractivity contribution is 1.29. The van der Waals surface area contributed by atoms with Crippen LogP contribution in [-0.2, 0) is 23.6 Å². The van der Waals surface area contributed by atoms with Crippen LogP contribution < -0.4 is 36.7 Å². The Labute approximate surface area is 247 Å². The quantitative estimate of drug-likeness (QED) is 0.203. The molecule has 0 bridgehead atoms. The van der Waals surface area contributed by atoms with Crippen molar-refractivity contribution in [2.45, 2.75) is 34.6 Å². The smallest absolute Gasteiger partial charge is 0.0644 e. The molecule has 2 aliphatic rings. The summed E-state index contributed by atoms with van der Waals surface area (Å²) in [4.78, 5) is 2.50. The second-order valence-corrected chi connectivity index (χ2v) is 19.9. The minimum Gasteiger partial charge on any atom is -0.308 e. The molecule has 0 aromatic heterocycles. The lowest BCUT2D eigenvalue weighted by atomic mass is 10.1. The molecule has 1 nitrogen and oxygen atoms in total. The van der Waals surface area contributed by atoms with Gasteiger partial charge in [-0.05, 0) is 98.3 Å². The molecule has 2 unspecified atom stereocenters. The monoisotopic (exact) mass is 591 g/mol. The molecular formula is C35H31NP2S2. The molecule has 5 heteroatoms. The summed E-state index contributed by atoms with van der Waals surface area (Å²) in [6, 6.07) is 31.2. The van der Waals surface area contributed by atoms with Crippen molar-refractivity contribution in [3.63, 3.8) is 0 Å². The van der Waals surface area contributed by atoms with Crippen LogP contribution in [0, 0.1) is 34.6 Å². The van der Waals surface area contributed by atoms with Crippen molar-refractivity contribution in [3.05, 3.63) is 125 Å². The number of nitrogens with zero attached hydrogens (tertiary/aromatic N) is 1. The highest BCUT2D eigenvalue weighted by molar-refractivity contribution is 8.27. The standard InChI is InChI=1S/C35H31NP2S2/c1-22-14-16-27-31(18-22)37(39,29-12-8-6-10-25(29)4)33-20-24(3)21-34-35(33)36(27)28-17-15-23(2)19-32(28)38(34,40)30-13-9-7-11-26(30)5/h6-21H,1-5H3. The van der Waals surface area contributed by atoms with Gasteiger partial charge in [0.2, 0.25) is 0 Å². The van der Waals surface area contributed by atoms with E-state index in [1.54, 1.807) is 0 Å². The molecule has 7 rings (SSSR count). The first-order valence-corrected chi connectivity index (χ1v) is 19.3. The molecule has 198 valence electrons. The summed E-state index contributed by atoms with van der Waals surface area (Å²) >= 11 is 14.0. The number of fused-ring (bicyclic) bond motifs is 4. The van der Waals surface area contributed by atoms with Crippen LogP contribution in [0.5, 0.6) is 0 Å². The van der Waals surface area contributed by atoms with Gasteiger partial charge in [-0.25, -0.2) is 0 Å². The number of rotatable bonds is 2. The van der Waals surface area contributed by atoms with Crippen LogP contribution in [0.15, 0.2) is 97.1 Å². The molecule has 0 fully saturated rings. The number of hydrogen-bond donors (Lipinski definition) is 0. The molecule has 2 heterocycles. The first-order chi connectivity index (χ1) is 19.2. The molecule has 0 saturated carbocycles. The first kappa shape index (κ1) is 26.1. The van der Waals surface area contributed by atoms with Crippen LogP contribution in [0.2, 0.25) is 0 Å². The predicted octanol–water partition coefficient (Wildman–Crippen LogP) is 6.84. The van der Waals surface area contributed by atoms with Gasteiger partial charge in [-0.1, -0.05) is 95.4 Å². The highest BCUT2D eigenvalue weighted by Gasteiger charge is 2.46. The highest BCUT2D eigenvalue weighted by Crippen LogP contribution is 2.61. The molecule has 0 radical (unpaired) electrons. The molecule has 0 amide bonds. The summed E-state index contributed by atoms with van der Waals surface area (Å²) in [5, 5.41) is 7.67. The van der Waals surface area contributed by atoms with E-state index < -0.39 is 12.1 Å². The minimum atomic E-state index is -2.40. The van der Waals surface area contributed by atoms with E-state index in [0.717, 1.165) is 0 Å². The Balaban J connectivity index is 1.71. The summed E-state index contributed by atoms with van der Waals surface area (Å²) in [6.07, 6.45) is 0. The van der Waals surface area contributed by atoms with Crippen molar-refractivity contribution in [1.82, 2.24) is 0 Å². The fourth-order valence-corrected chi connectivity index (χ4v) is 16.5. The predicted molar refractivity (Wildman–Crippen MR) is 184 cm³/mol.